The summed E-state index contributed by atoms with van der Waals surface area (Å²) in [5, 5.41) is 15.0. The number of anilines is 3. The fraction of sp³-hybridized carbons (Fsp3) is 0.409. The number of halogens is 1. The van der Waals surface area contributed by atoms with Gasteiger partial charge in [0.1, 0.15) is 0 Å². The van der Waals surface area contributed by atoms with E-state index >= 15 is 0 Å². The van der Waals surface area contributed by atoms with Crippen LogP contribution in [0.3, 0.4) is 0 Å². The zero-order valence-electron chi connectivity index (χ0n) is 16.2. The smallest absolute Gasteiger partial charge is 0.0738 e. The van der Waals surface area contributed by atoms with E-state index in [1.54, 1.807) is 0 Å². The van der Waals surface area contributed by atoms with Gasteiger partial charge in [0.15, 0.2) is 0 Å². The molecule has 3 N–H and O–H groups in total. The Kier molecular flexibility index (Phi) is 5.85. The SMILES string of the molecule is Cc1cc(Nc2cc3c4c(c2)[C@H](CNCCC=N)CN4CCOC3)ccc1Cl. The number of benzene rings is 2. The Morgan fingerprint density at radius 3 is 3.00 bits per heavy atom. The predicted molar refractivity (Wildman–Crippen MR) is 117 cm³/mol. The Morgan fingerprint density at radius 2 is 2.18 bits per heavy atom. The molecule has 5 nitrogen and oxygen atoms in total. The molecule has 6 heteroatoms. The highest BCUT2D eigenvalue weighted by Gasteiger charge is 2.32. The molecule has 0 fully saturated rings. The van der Waals surface area contributed by atoms with E-state index in [4.69, 9.17) is 21.7 Å². The lowest BCUT2D eigenvalue weighted by Gasteiger charge is -2.19. The van der Waals surface area contributed by atoms with Gasteiger partial charge in [-0.05, 0) is 61.0 Å². The van der Waals surface area contributed by atoms with E-state index in [2.05, 4.69) is 33.7 Å². The van der Waals surface area contributed by atoms with Crippen molar-refractivity contribution >= 4 is 34.9 Å². The van der Waals surface area contributed by atoms with Crippen molar-refractivity contribution in [1.82, 2.24) is 5.32 Å². The minimum absolute atomic E-state index is 0.450. The number of ether oxygens (including phenoxy) is 1. The fourth-order valence-corrected chi connectivity index (χ4v) is 4.25. The van der Waals surface area contributed by atoms with Crippen LogP contribution in [0.1, 0.15) is 29.0 Å². The number of aryl methyl sites for hydroxylation is 1. The van der Waals surface area contributed by atoms with Gasteiger partial charge in [0.2, 0.25) is 0 Å². The molecule has 4 rings (SSSR count). The first-order valence-electron chi connectivity index (χ1n) is 9.88. The Hall–Kier alpha value is -2.08. The fourth-order valence-electron chi connectivity index (χ4n) is 4.13. The van der Waals surface area contributed by atoms with Crippen LogP contribution in [0.15, 0.2) is 30.3 Å². The third kappa shape index (κ3) is 4.02. The van der Waals surface area contributed by atoms with Crippen molar-refractivity contribution in [3.63, 3.8) is 0 Å². The number of hydrogen-bond donors (Lipinski definition) is 3. The van der Waals surface area contributed by atoms with Crippen molar-refractivity contribution < 1.29 is 4.74 Å². The van der Waals surface area contributed by atoms with Crippen LogP contribution in [0.25, 0.3) is 0 Å². The van der Waals surface area contributed by atoms with Gasteiger partial charge in [-0.1, -0.05) is 11.6 Å². The molecule has 0 saturated heterocycles. The minimum atomic E-state index is 0.450. The molecule has 1 atom stereocenters. The number of nitrogens with one attached hydrogen (secondary N) is 3. The van der Waals surface area contributed by atoms with Crippen LogP contribution < -0.4 is 15.5 Å². The molecule has 0 saturated carbocycles. The standard InChI is InChI=1S/C22H27ClN4O/c1-15-9-18(3-4-21(15)23)26-19-10-16-14-28-8-7-27-13-17(12-25-6-2-5-24)20(11-19)22(16)27/h3-5,9-11,17,24-26H,2,6-8,12-14H2,1H3/t17-/m1/s1. The molecule has 2 aromatic carbocycles. The number of rotatable bonds is 7. The molecule has 0 aliphatic carbocycles. The maximum atomic E-state index is 7.19. The topological polar surface area (TPSA) is 60.4 Å². The van der Waals surface area contributed by atoms with Crippen LogP contribution in [-0.4, -0.2) is 39.0 Å². The Morgan fingerprint density at radius 1 is 1.29 bits per heavy atom. The second-order valence-corrected chi connectivity index (χ2v) is 7.96. The molecule has 2 aliphatic rings. The molecule has 2 aromatic rings. The van der Waals surface area contributed by atoms with E-state index < -0.39 is 0 Å². The first kappa shape index (κ1) is 19.2. The summed E-state index contributed by atoms with van der Waals surface area (Å²) < 4.78 is 5.84. The Bertz CT molecular complexity index is 870. The lowest BCUT2D eigenvalue weighted by Crippen LogP contribution is -2.29. The van der Waals surface area contributed by atoms with E-state index in [1.165, 1.54) is 23.0 Å². The van der Waals surface area contributed by atoms with Crippen molar-refractivity contribution in [1.29, 1.82) is 5.41 Å². The molecule has 0 aromatic heterocycles. The minimum Gasteiger partial charge on any atom is -0.375 e. The van der Waals surface area contributed by atoms with Crippen LogP contribution in [0.4, 0.5) is 17.1 Å². The predicted octanol–water partition coefficient (Wildman–Crippen LogP) is 4.46. The monoisotopic (exact) mass is 398 g/mol. The van der Waals surface area contributed by atoms with Crippen LogP contribution in [0, 0.1) is 12.3 Å². The number of nitrogens with zero attached hydrogens (tertiary/aromatic N) is 1. The van der Waals surface area contributed by atoms with Gasteiger partial charge < -0.3 is 25.7 Å². The molecule has 0 spiro atoms. The molecular formula is C22H27ClN4O. The summed E-state index contributed by atoms with van der Waals surface area (Å²) in [4.78, 5) is 2.47. The summed E-state index contributed by atoms with van der Waals surface area (Å²) in [5.74, 6) is 0.450. The summed E-state index contributed by atoms with van der Waals surface area (Å²) in [6, 6.07) is 10.5. The van der Waals surface area contributed by atoms with Gasteiger partial charge in [-0.3, -0.25) is 0 Å². The van der Waals surface area contributed by atoms with Crippen molar-refractivity contribution in [2.75, 3.05) is 43.0 Å². The van der Waals surface area contributed by atoms with Crippen LogP contribution in [-0.2, 0) is 11.3 Å². The summed E-state index contributed by atoms with van der Waals surface area (Å²) in [6.45, 7) is 7.19. The lowest BCUT2D eigenvalue weighted by atomic mass is 9.97. The van der Waals surface area contributed by atoms with Crippen molar-refractivity contribution in [2.45, 2.75) is 25.9 Å². The summed E-state index contributed by atoms with van der Waals surface area (Å²) in [7, 11) is 0. The van der Waals surface area contributed by atoms with Crippen LogP contribution in [0.2, 0.25) is 5.02 Å². The zero-order chi connectivity index (χ0) is 19.5. The van der Waals surface area contributed by atoms with Crippen LogP contribution in [0.5, 0.6) is 0 Å². The van der Waals surface area contributed by atoms with Crippen LogP contribution >= 0.6 is 11.6 Å². The molecular weight excluding hydrogens is 372 g/mol. The van der Waals surface area contributed by atoms with Crippen molar-refractivity contribution in [3.05, 3.63) is 52.0 Å². The second kappa shape index (κ2) is 8.52. The highest BCUT2D eigenvalue weighted by Crippen LogP contribution is 2.42. The van der Waals surface area contributed by atoms with E-state index in [0.29, 0.717) is 12.5 Å². The van der Waals surface area contributed by atoms with Gasteiger partial charge in [0, 0.05) is 59.7 Å². The third-order valence-corrected chi connectivity index (χ3v) is 5.91. The Balaban J connectivity index is 1.62. The first-order valence-corrected chi connectivity index (χ1v) is 10.3. The lowest BCUT2D eigenvalue weighted by molar-refractivity contribution is 0.132. The molecule has 0 amide bonds. The van der Waals surface area contributed by atoms with Gasteiger partial charge >= 0.3 is 0 Å². The molecule has 2 heterocycles. The molecule has 0 unspecified atom stereocenters. The highest BCUT2D eigenvalue weighted by molar-refractivity contribution is 6.31. The highest BCUT2D eigenvalue weighted by atomic mass is 35.5. The quantitative estimate of drug-likeness (QED) is 0.476. The first-order chi connectivity index (χ1) is 13.7. The third-order valence-electron chi connectivity index (χ3n) is 5.48. The van der Waals surface area contributed by atoms with Gasteiger partial charge in [0.05, 0.1) is 13.2 Å². The van der Waals surface area contributed by atoms with Gasteiger partial charge in [0.25, 0.3) is 0 Å². The second-order valence-electron chi connectivity index (χ2n) is 7.55. The molecule has 28 heavy (non-hydrogen) atoms. The maximum Gasteiger partial charge on any atom is 0.0738 e. The van der Waals surface area contributed by atoms with Crippen molar-refractivity contribution in [3.8, 4) is 0 Å². The molecule has 0 bridgehead atoms. The van der Waals surface area contributed by atoms with Gasteiger partial charge in [-0.15, -0.1) is 0 Å². The Labute approximate surface area is 171 Å². The normalized spacial score (nSPS) is 17.9. The van der Waals surface area contributed by atoms with Gasteiger partial charge in [-0.25, -0.2) is 0 Å². The van der Waals surface area contributed by atoms with E-state index in [1.807, 2.05) is 19.1 Å². The average Bonchev–Trinajstić information content (AvgIpc) is 2.89. The zero-order valence-corrected chi connectivity index (χ0v) is 17.0. The molecule has 148 valence electrons. The largest absolute Gasteiger partial charge is 0.375 e. The summed E-state index contributed by atoms with van der Waals surface area (Å²) in [5.41, 5.74) is 7.19. The van der Waals surface area contributed by atoms with E-state index in [9.17, 15) is 0 Å². The average molecular weight is 399 g/mol. The molecule has 2 aliphatic heterocycles. The van der Waals surface area contributed by atoms with Crippen molar-refractivity contribution in [2.24, 2.45) is 0 Å². The van der Waals surface area contributed by atoms with E-state index in [-0.39, 0.29) is 0 Å². The number of hydrogen-bond acceptors (Lipinski definition) is 5. The maximum absolute atomic E-state index is 7.19. The summed E-state index contributed by atoms with van der Waals surface area (Å²) in [6.07, 6.45) is 2.24. The van der Waals surface area contributed by atoms with E-state index in [0.717, 1.165) is 61.2 Å². The molecule has 0 radical (unpaired) electrons. The summed E-state index contributed by atoms with van der Waals surface area (Å²) >= 11 is 6.17. The van der Waals surface area contributed by atoms with Gasteiger partial charge in [-0.2, -0.15) is 0 Å².